The van der Waals surface area contributed by atoms with Gasteiger partial charge in [-0.25, -0.2) is 8.78 Å². The number of benzene rings is 1. The molecule has 0 heterocycles. The Labute approximate surface area is 206 Å². The molecule has 0 amide bonds. The maximum absolute atomic E-state index is 17.1. The molecule has 1 aromatic rings. The van der Waals surface area contributed by atoms with E-state index in [9.17, 15) is 15.1 Å². The summed E-state index contributed by atoms with van der Waals surface area (Å²) in [5, 5.41) is 23.2. The molecule has 0 aliphatic heterocycles. The second kappa shape index (κ2) is 8.89. The third kappa shape index (κ3) is 4.02. The van der Waals surface area contributed by atoms with Crippen LogP contribution in [0.5, 0.6) is 0 Å². The molecule has 6 heteroatoms. The fourth-order valence-corrected chi connectivity index (χ4v) is 8.07. The summed E-state index contributed by atoms with van der Waals surface area (Å²) in [6, 6.07) is 10.2. The normalized spacial score (nSPS) is 42.4. The second-order valence-electron chi connectivity index (χ2n) is 11.9. The first-order valence-corrected chi connectivity index (χ1v) is 13.0. The Morgan fingerprint density at radius 3 is 2.60 bits per heavy atom. The van der Waals surface area contributed by atoms with Crippen LogP contribution < -0.4 is 0 Å². The van der Waals surface area contributed by atoms with Crippen molar-refractivity contribution in [2.24, 2.45) is 28.6 Å². The van der Waals surface area contributed by atoms with E-state index in [1.54, 1.807) is 6.92 Å². The smallest absolute Gasteiger partial charge is 0.178 e. The van der Waals surface area contributed by atoms with Gasteiger partial charge in [-0.1, -0.05) is 43.3 Å². The van der Waals surface area contributed by atoms with E-state index in [1.165, 1.54) is 28.9 Å². The molecule has 5 rings (SSSR count). The lowest BCUT2D eigenvalue weighted by atomic mass is 9.45. The molecule has 0 spiro atoms. The number of ketones is 1. The summed E-state index contributed by atoms with van der Waals surface area (Å²) in [5.41, 5.74) is -2.25. The summed E-state index contributed by atoms with van der Waals surface area (Å²) >= 11 is 0. The van der Waals surface area contributed by atoms with E-state index >= 15 is 8.78 Å². The number of halogens is 2. The Morgan fingerprint density at radius 1 is 1.11 bits per heavy atom. The lowest BCUT2D eigenvalue weighted by Gasteiger charge is -2.61. The molecule has 4 nitrogen and oxygen atoms in total. The Morgan fingerprint density at radius 2 is 1.86 bits per heavy atom. The number of alkyl halides is 2. The summed E-state index contributed by atoms with van der Waals surface area (Å²) in [7, 11) is 0. The van der Waals surface area contributed by atoms with Crippen LogP contribution in [0.15, 0.2) is 54.1 Å². The van der Waals surface area contributed by atoms with Crippen molar-refractivity contribution in [3.8, 4) is 0 Å². The van der Waals surface area contributed by atoms with Crippen molar-refractivity contribution in [2.75, 3.05) is 13.1 Å². The molecule has 8 atom stereocenters. The van der Waals surface area contributed by atoms with Crippen molar-refractivity contribution < 1.29 is 23.9 Å². The number of hydrogen-bond acceptors (Lipinski definition) is 4. The third-order valence-electron chi connectivity index (χ3n) is 9.67. The highest BCUT2D eigenvalue weighted by atomic mass is 19.1. The van der Waals surface area contributed by atoms with Gasteiger partial charge >= 0.3 is 0 Å². The lowest BCUT2D eigenvalue weighted by Crippen LogP contribution is -2.67. The first-order valence-electron chi connectivity index (χ1n) is 13.0. The van der Waals surface area contributed by atoms with Crippen LogP contribution >= 0.6 is 0 Å². The van der Waals surface area contributed by atoms with E-state index in [-0.39, 0.29) is 35.0 Å². The number of allylic oxidation sites excluding steroid dienone is 4. The molecular formula is C29H37F2NO3. The quantitative estimate of drug-likeness (QED) is 0.541. The van der Waals surface area contributed by atoms with E-state index in [0.717, 1.165) is 19.3 Å². The van der Waals surface area contributed by atoms with E-state index in [4.69, 9.17) is 0 Å². The number of carbonyl (C=O) groups excluding carboxylic acids is 1. The van der Waals surface area contributed by atoms with Gasteiger partial charge in [0.25, 0.3) is 0 Å². The van der Waals surface area contributed by atoms with Gasteiger partial charge < -0.3 is 10.3 Å². The van der Waals surface area contributed by atoms with Crippen LogP contribution in [-0.4, -0.2) is 52.2 Å². The van der Waals surface area contributed by atoms with Gasteiger partial charge in [0.1, 0.15) is 6.17 Å². The number of aliphatic hydroxyl groups is 1. The van der Waals surface area contributed by atoms with Gasteiger partial charge in [-0.2, -0.15) is 5.06 Å². The first kappa shape index (κ1) is 24.8. The molecule has 3 saturated carbocycles. The Kier molecular flexibility index (Phi) is 6.30. The van der Waals surface area contributed by atoms with Crippen molar-refractivity contribution >= 4 is 5.78 Å². The van der Waals surface area contributed by atoms with Crippen molar-refractivity contribution in [1.29, 1.82) is 0 Å². The van der Waals surface area contributed by atoms with Crippen LogP contribution in [-0.2, 0) is 11.2 Å². The van der Waals surface area contributed by atoms with Gasteiger partial charge in [-0.3, -0.25) is 4.79 Å². The minimum absolute atomic E-state index is 0.0109. The SMILES string of the molecule is C[C@@]12C[C@H](CN(O)CCCc3ccccc3)CC1[C@@H]1C[C@H](F)C3=CC(=O)C=C[C@]3(C)[C@@]1(F)[C@@H](O)C2. The molecule has 2 N–H and O–H groups in total. The molecule has 0 radical (unpaired) electrons. The predicted molar refractivity (Wildman–Crippen MR) is 130 cm³/mol. The molecule has 4 aliphatic rings. The molecule has 0 saturated heterocycles. The van der Waals surface area contributed by atoms with Crippen LogP contribution in [0.25, 0.3) is 0 Å². The zero-order valence-electron chi connectivity index (χ0n) is 20.7. The van der Waals surface area contributed by atoms with Gasteiger partial charge in [0.05, 0.1) is 6.10 Å². The van der Waals surface area contributed by atoms with E-state index in [2.05, 4.69) is 19.1 Å². The Balaban J connectivity index is 1.30. The van der Waals surface area contributed by atoms with Crippen molar-refractivity contribution in [1.82, 2.24) is 5.06 Å². The summed E-state index contributed by atoms with van der Waals surface area (Å²) in [4.78, 5) is 11.9. The Hall–Kier alpha value is -1.89. The standard InChI is InChI=1S/C29H37F2NO3/c1-27-16-20(18-32(35)12-6-9-19-7-4-3-5-8-19)13-22(27)23-15-25(30)24-14-21(33)10-11-28(24,2)29(23,31)26(34)17-27/h3-5,7-8,10-11,14,20,22-23,25-26,34-35H,6,9,12-13,15-18H2,1-2H3/t20-,22?,23+,25+,26+,27+,28+,29+/m1/s1. The highest BCUT2D eigenvalue weighted by Gasteiger charge is 2.71. The Bertz CT molecular complexity index is 1030. The number of carbonyl (C=O) groups is 1. The van der Waals surface area contributed by atoms with Crippen LogP contribution in [0.1, 0.15) is 51.5 Å². The minimum Gasteiger partial charge on any atom is -0.390 e. The average molecular weight is 486 g/mol. The molecule has 35 heavy (non-hydrogen) atoms. The lowest BCUT2D eigenvalue weighted by molar-refractivity contribution is -0.195. The molecular weight excluding hydrogens is 448 g/mol. The molecule has 0 aromatic heterocycles. The molecule has 1 aromatic carbocycles. The molecule has 4 aliphatic carbocycles. The van der Waals surface area contributed by atoms with E-state index < -0.39 is 29.3 Å². The van der Waals surface area contributed by atoms with E-state index in [1.807, 2.05) is 18.2 Å². The van der Waals surface area contributed by atoms with Gasteiger partial charge in [-0.05, 0) is 86.0 Å². The van der Waals surface area contributed by atoms with Gasteiger partial charge in [0, 0.05) is 24.4 Å². The molecule has 3 fully saturated rings. The third-order valence-corrected chi connectivity index (χ3v) is 9.67. The fraction of sp³-hybridized carbons (Fsp3) is 0.621. The van der Waals surface area contributed by atoms with Gasteiger partial charge in [0.15, 0.2) is 11.5 Å². The number of fused-ring (bicyclic) bond motifs is 5. The number of aryl methyl sites for hydroxylation is 1. The number of nitrogens with zero attached hydrogens (tertiary/aromatic N) is 1. The maximum atomic E-state index is 17.1. The van der Waals surface area contributed by atoms with Gasteiger partial charge in [0.2, 0.25) is 0 Å². The van der Waals surface area contributed by atoms with Crippen LogP contribution in [0.2, 0.25) is 0 Å². The predicted octanol–water partition coefficient (Wildman–Crippen LogP) is 5.25. The topological polar surface area (TPSA) is 60.8 Å². The largest absolute Gasteiger partial charge is 0.390 e. The maximum Gasteiger partial charge on any atom is 0.178 e. The number of rotatable bonds is 6. The minimum atomic E-state index is -2.02. The van der Waals surface area contributed by atoms with Crippen LogP contribution in [0, 0.1) is 28.6 Å². The summed E-state index contributed by atoms with van der Waals surface area (Å²) in [6.45, 7) is 4.79. The summed E-state index contributed by atoms with van der Waals surface area (Å²) < 4.78 is 32.5. The van der Waals surface area contributed by atoms with Crippen molar-refractivity contribution in [3.63, 3.8) is 0 Å². The van der Waals surface area contributed by atoms with Crippen LogP contribution in [0.3, 0.4) is 0 Å². The van der Waals surface area contributed by atoms with Crippen molar-refractivity contribution in [3.05, 3.63) is 59.7 Å². The average Bonchev–Trinajstić information content (AvgIpc) is 3.13. The highest BCUT2D eigenvalue weighted by Crippen LogP contribution is 2.68. The summed E-state index contributed by atoms with van der Waals surface area (Å²) in [5.74, 6) is -0.885. The zero-order chi connectivity index (χ0) is 25.0. The van der Waals surface area contributed by atoms with E-state index in [0.29, 0.717) is 25.9 Å². The summed E-state index contributed by atoms with van der Waals surface area (Å²) in [6.07, 6.45) is 4.92. The van der Waals surface area contributed by atoms with Crippen LogP contribution in [0.4, 0.5) is 8.78 Å². The number of hydrogen-bond donors (Lipinski definition) is 2. The highest BCUT2D eigenvalue weighted by molar-refractivity contribution is 6.01. The molecule has 1 unspecified atom stereocenters. The fourth-order valence-electron chi connectivity index (χ4n) is 8.07. The molecule has 0 bridgehead atoms. The monoisotopic (exact) mass is 485 g/mol. The molecule has 190 valence electrons. The second-order valence-corrected chi connectivity index (χ2v) is 11.9. The number of hydroxylamine groups is 2. The van der Waals surface area contributed by atoms with Crippen molar-refractivity contribution in [2.45, 2.75) is 70.3 Å². The van der Waals surface area contributed by atoms with Gasteiger partial charge in [-0.15, -0.1) is 0 Å². The first-order chi connectivity index (χ1) is 16.6. The zero-order valence-corrected chi connectivity index (χ0v) is 20.7. The number of aliphatic hydroxyl groups excluding tert-OH is 1.